The second kappa shape index (κ2) is 39.2. The molecule has 11 bridgehead atoms. The summed E-state index contributed by atoms with van der Waals surface area (Å²) < 4.78 is 81.7. The van der Waals surface area contributed by atoms with Crippen LogP contribution in [0.3, 0.4) is 0 Å². The van der Waals surface area contributed by atoms with E-state index in [9.17, 15) is 87.9 Å². The van der Waals surface area contributed by atoms with Crippen LogP contribution in [0.15, 0.2) is 127 Å². The number of aliphatic hydroxyl groups excluding tert-OH is 6. The number of carbonyl (C=O) groups excluding carboxylic acids is 11. The number of ether oxygens (including phenoxy) is 7. The summed E-state index contributed by atoms with van der Waals surface area (Å²) in [6, 6.07) is 8.61. The number of phenolic OH excluding ortho intramolecular Hbond substituents is 3. The zero-order valence-electron chi connectivity index (χ0n) is 68.0. The van der Waals surface area contributed by atoms with Gasteiger partial charge in [0.25, 0.3) is 11.8 Å². The number of carbonyl (C=O) groups is 11. The smallest absolute Gasteiger partial charge is 0.508 e. The van der Waals surface area contributed by atoms with E-state index in [1.54, 1.807) is 38.3 Å². The number of phenols is 3. The van der Waals surface area contributed by atoms with Gasteiger partial charge in [-0.2, -0.15) is 0 Å². The van der Waals surface area contributed by atoms with Gasteiger partial charge in [-0.1, -0.05) is 67.4 Å². The first-order chi connectivity index (χ1) is 60.5. The molecule has 40 nitrogen and oxygen atoms in total. The predicted octanol–water partition coefficient (Wildman–Crippen LogP) is 1.64. The number of anilines is 1. The molecule has 7 aromatic rings. The minimum absolute atomic E-state index is 0.00308. The van der Waals surface area contributed by atoms with E-state index in [1.165, 1.54) is 32.2 Å². The molecule has 2 fully saturated rings. The number of hydrogen-bond acceptors (Lipinski definition) is 29. The molecular formula is C83H88Cl2F3N13O27. The molecule has 0 aliphatic carbocycles. The molecule has 128 heavy (non-hydrogen) atoms. The van der Waals surface area contributed by atoms with Gasteiger partial charge in [0.1, 0.15) is 101 Å². The van der Waals surface area contributed by atoms with E-state index >= 15 is 24.0 Å². The molecule has 14 rings (SSSR count). The van der Waals surface area contributed by atoms with Gasteiger partial charge >= 0.3 is 18.2 Å². The van der Waals surface area contributed by atoms with Gasteiger partial charge in [0.2, 0.25) is 53.4 Å². The van der Waals surface area contributed by atoms with Gasteiger partial charge in [0.05, 0.1) is 41.3 Å². The average molecular weight is 1830 g/mol. The van der Waals surface area contributed by atoms with Gasteiger partial charge in [-0.15, -0.1) is 13.2 Å². The van der Waals surface area contributed by atoms with Crippen LogP contribution in [0.4, 0.5) is 18.9 Å². The number of hydrazine groups is 1. The molecule has 0 unspecified atom stereocenters. The summed E-state index contributed by atoms with van der Waals surface area (Å²) in [4.78, 5) is 157. The van der Waals surface area contributed by atoms with Gasteiger partial charge < -0.3 is 138 Å². The summed E-state index contributed by atoms with van der Waals surface area (Å²) in [5.41, 5.74) is 10.6. The maximum absolute atomic E-state index is 16.3. The van der Waals surface area contributed by atoms with Crippen molar-refractivity contribution in [1.82, 2.24) is 53.4 Å². The van der Waals surface area contributed by atoms with Crippen molar-refractivity contribution < 1.29 is 145 Å². The first kappa shape index (κ1) is 94.4. The number of amides is 11. The molecule has 0 saturated carbocycles. The first-order valence-corrected chi connectivity index (χ1v) is 40.1. The SMILES string of the molecule is CN[C@H](CC(C)C)C(=O)N[C@H]1C(=O)N[C@@H](CC(N)=O)C(=O)N[C@H]2C(=O)N[C@H]3C(=O)N[C@H](C(=O)N[C@@H](C(=O)NNC(=O)C(N)=O)c4cc(O)cc(O)c4-c4cc3ccc4O)[C@H](O)c3ccc(c(Cl)c3)Oc3cc2cc(c3O[C@@H]2O[C@H](CO)[C@@H](O)[C@H](O)[C@H]2O[C@H]2C[C@](C)(NCc3ccc(NC(=O)c4ccc(OC(F)(F)F)cc4)cc3)[C@H](O)[C@H](C)O2)Oc2ccc(cc2Cl)[C@H]1O. The Morgan fingerprint density at radius 2 is 1.29 bits per heavy atom. The normalized spacial score (nSPS) is 25.6. The van der Waals surface area contributed by atoms with E-state index < -0.39 is 283 Å². The van der Waals surface area contributed by atoms with Crippen LogP contribution in [0, 0.1) is 5.92 Å². The molecular weight excluding hydrogens is 1740 g/mol. The predicted molar refractivity (Wildman–Crippen MR) is 437 cm³/mol. The molecule has 24 N–H and O–H groups in total. The van der Waals surface area contributed by atoms with E-state index in [2.05, 4.69) is 52.6 Å². The summed E-state index contributed by atoms with van der Waals surface area (Å²) in [6.45, 7) is 5.62. The third kappa shape index (κ3) is 21.6. The van der Waals surface area contributed by atoms with Crippen LogP contribution in [0.1, 0.15) is 121 Å². The van der Waals surface area contributed by atoms with Gasteiger partial charge in [-0.3, -0.25) is 63.6 Å². The molecule has 45 heteroatoms. The molecule has 7 aliphatic heterocycles. The van der Waals surface area contributed by atoms with Crippen molar-refractivity contribution in [3.05, 3.63) is 176 Å². The number of primary amides is 2. The number of aromatic hydroxyl groups is 3. The number of likely N-dealkylation sites (N-methyl/N-ethyl adjacent to an activating group) is 1. The fraction of sp³-hybridized carbons (Fsp3) is 0.361. The third-order valence-corrected chi connectivity index (χ3v) is 22.1. The van der Waals surface area contributed by atoms with Crippen LogP contribution in [0.25, 0.3) is 11.1 Å². The number of aliphatic hydroxyl groups is 6. The van der Waals surface area contributed by atoms with Crippen molar-refractivity contribution in [1.29, 1.82) is 0 Å². The van der Waals surface area contributed by atoms with Crippen LogP contribution in [0.5, 0.6) is 51.7 Å². The zero-order chi connectivity index (χ0) is 93.0. The maximum Gasteiger partial charge on any atom is 0.573 e. The van der Waals surface area contributed by atoms with Gasteiger partial charge in [-0.25, -0.2) is 0 Å². The molecule has 682 valence electrons. The summed E-state index contributed by atoms with van der Waals surface area (Å²) in [5, 5.41) is 129. The highest BCUT2D eigenvalue weighted by Crippen LogP contribution is 2.50. The van der Waals surface area contributed by atoms with Crippen molar-refractivity contribution in [2.75, 3.05) is 19.0 Å². The summed E-state index contributed by atoms with van der Waals surface area (Å²) >= 11 is 14.3. The van der Waals surface area contributed by atoms with E-state index in [0.717, 1.165) is 97.1 Å². The molecule has 7 heterocycles. The summed E-state index contributed by atoms with van der Waals surface area (Å²) in [5.74, 6) is -21.2. The van der Waals surface area contributed by atoms with Crippen LogP contribution in [0.2, 0.25) is 10.0 Å². The number of nitrogens with two attached hydrogens (primary N) is 2. The molecule has 0 spiro atoms. The Balaban J connectivity index is 1.00. The Hall–Kier alpha value is -12.8. The molecule has 2 saturated heterocycles. The van der Waals surface area contributed by atoms with E-state index in [0.29, 0.717) is 5.56 Å². The Morgan fingerprint density at radius 3 is 1.89 bits per heavy atom. The Labute approximate surface area is 733 Å². The van der Waals surface area contributed by atoms with Gasteiger partial charge in [0, 0.05) is 46.9 Å². The number of hydrogen-bond donors (Lipinski definition) is 22. The highest BCUT2D eigenvalue weighted by Gasteiger charge is 2.53. The van der Waals surface area contributed by atoms with Gasteiger partial charge in [0.15, 0.2) is 23.9 Å². The van der Waals surface area contributed by atoms with E-state index in [1.807, 2.05) is 5.43 Å². The number of alkyl halides is 3. The maximum atomic E-state index is 16.3. The van der Waals surface area contributed by atoms with Crippen molar-refractivity contribution in [3.8, 4) is 62.9 Å². The fourth-order valence-corrected chi connectivity index (χ4v) is 15.4. The van der Waals surface area contributed by atoms with Gasteiger partial charge in [-0.05, 0) is 158 Å². The Kier molecular flexibility index (Phi) is 28.9. The molecule has 7 aliphatic rings. The second-order valence-corrected chi connectivity index (χ2v) is 32.0. The van der Waals surface area contributed by atoms with Crippen LogP contribution in [-0.4, -0.2) is 210 Å². The van der Waals surface area contributed by atoms with Crippen LogP contribution in [-0.2, 0) is 68.7 Å². The average Bonchev–Trinajstić information content (AvgIpc) is 0.764. The highest BCUT2D eigenvalue weighted by atomic mass is 35.5. The molecule has 18 atom stereocenters. The summed E-state index contributed by atoms with van der Waals surface area (Å²) in [6.07, 6.45) is -24.9. The molecule has 0 aromatic heterocycles. The van der Waals surface area contributed by atoms with E-state index in [-0.39, 0.29) is 47.7 Å². The monoisotopic (exact) mass is 1830 g/mol. The third-order valence-electron chi connectivity index (χ3n) is 21.5. The summed E-state index contributed by atoms with van der Waals surface area (Å²) in [7, 11) is 1.45. The van der Waals surface area contributed by atoms with Crippen LogP contribution < -0.4 is 89.1 Å². The topological polar surface area (TPSA) is 619 Å². The lowest BCUT2D eigenvalue weighted by Gasteiger charge is -2.48. The van der Waals surface area contributed by atoms with E-state index in [4.69, 9.17) is 63.1 Å². The van der Waals surface area contributed by atoms with Crippen LogP contribution >= 0.6 is 23.2 Å². The molecule has 11 amide bonds. The van der Waals surface area contributed by atoms with Crippen molar-refractivity contribution in [2.24, 2.45) is 17.4 Å². The lowest BCUT2D eigenvalue weighted by atomic mass is 9.84. The minimum Gasteiger partial charge on any atom is -0.508 e. The second-order valence-electron chi connectivity index (χ2n) is 31.2. The Morgan fingerprint density at radius 1 is 0.672 bits per heavy atom. The lowest BCUT2D eigenvalue weighted by molar-refractivity contribution is -0.334. The molecule has 7 aromatic carbocycles. The number of fused-ring (bicyclic) bond motifs is 15. The largest absolute Gasteiger partial charge is 0.573 e. The van der Waals surface area contributed by atoms with Crippen molar-refractivity contribution >= 4 is 93.9 Å². The lowest BCUT2D eigenvalue weighted by Crippen LogP contribution is -2.65. The highest BCUT2D eigenvalue weighted by molar-refractivity contribution is 6.34. The number of benzene rings is 7. The quantitative estimate of drug-likeness (QED) is 0.0404. The Bertz CT molecular complexity index is 5460. The number of rotatable bonds is 19. The fourth-order valence-electron chi connectivity index (χ4n) is 14.9. The number of halogens is 5. The standard InChI is InChI=1S/C83H88Cl2F3N13O27/c1-32(2)20-47(91-5)73(114)98-62-64(107)37-11-18-51(45(84)22-37)123-53-24-39-25-54(68(53)127-81-69(67(110)66(109)55(31-102)125-81)126-57-29-82(4,70(111)33(3)122-57)92-30-34-6-13-40(14-7-34)93-72(113)35-8-15-42(16-9-35)128-83(86,87)88)124-52-19-12-38(23-46(52)85)65(108)63-78(119)97-61(79(120)100-101-80(121)71(90)112)44-26-41(103)27-50(105)58(44)43-21-36(10-17-49(43)104)59(75(116)99-63)96-76(117)60(39)95-74(115)48(28-56(89)106)94-77(62)118/h6-19,21-27,32-33,47-48,55,57,59-67,69-70,81,91-92,102-105,107-111H,20,28-31H2,1-5H3,(H2,89,106)(H2,90,112)(H,93,113)(H,94,118)(H,95,115)(H,96,117)(H,97,119)(H,98,114)(H,99,116)(H,100,120)(H,101,121)/t33-,47+,48-,55+,57-,59+,60+,61+,62+,63-,64+,65+,66+,67-,69+,70+,81-,82-/m0/s1. The van der Waals surface area contributed by atoms with Crippen molar-refractivity contribution in [2.45, 2.75) is 169 Å². The first-order valence-electron chi connectivity index (χ1n) is 39.3. The zero-order valence-corrected chi connectivity index (χ0v) is 69.5. The minimum atomic E-state index is -4.96. The van der Waals surface area contributed by atoms with Crippen molar-refractivity contribution in [3.63, 3.8) is 0 Å². The number of nitrogens with one attached hydrogen (secondary N) is 11. The molecule has 0 radical (unpaired) electrons.